The number of esters is 2. The quantitative estimate of drug-likeness (QED) is 0.504. The van der Waals surface area contributed by atoms with Crippen LogP contribution in [0, 0.1) is 19.8 Å². The van der Waals surface area contributed by atoms with Crippen molar-refractivity contribution in [3.8, 4) is 23.0 Å². The molecule has 0 aromatic heterocycles. The second kappa shape index (κ2) is 8.95. The molecule has 6 heteroatoms. The molecule has 0 bridgehead atoms. The summed E-state index contributed by atoms with van der Waals surface area (Å²) in [4.78, 5) is 24.5. The van der Waals surface area contributed by atoms with Crippen LogP contribution in [-0.2, 0) is 9.59 Å². The van der Waals surface area contributed by atoms with Crippen molar-refractivity contribution in [3.63, 3.8) is 0 Å². The lowest BCUT2D eigenvalue weighted by atomic mass is 10.00. The first kappa shape index (κ1) is 21.5. The van der Waals surface area contributed by atoms with Crippen LogP contribution in [0.2, 0.25) is 0 Å². The summed E-state index contributed by atoms with van der Waals surface area (Å²) in [5.41, 5.74) is 2.01. The van der Waals surface area contributed by atoms with E-state index in [-0.39, 0.29) is 41.3 Å². The average Bonchev–Trinajstić information content (AvgIpc) is 2.69. The molecule has 1 unspecified atom stereocenters. The Morgan fingerprint density at radius 2 is 1.32 bits per heavy atom. The molecule has 2 aromatic carbocycles. The Labute approximate surface area is 165 Å². The first-order valence-corrected chi connectivity index (χ1v) is 9.40. The number of hydrogen-bond donors (Lipinski definition) is 0. The number of fused-ring (bicyclic) bond motifs is 1. The molecule has 6 nitrogen and oxygen atoms in total. The largest absolute Gasteiger partial charge is 0.490 e. The van der Waals surface area contributed by atoms with Gasteiger partial charge in [0.15, 0.2) is 11.5 Å². The molecule has 0 saturated heterocycles. The fourth-order valence-electron chi connectivity index (χ4n) is 2.77. The minimum atomic E-state index is -0.399. The molecule has 0 aliphatic carbocycles. The summed E-state index contributed by atoms with van der Waals surface area (Å²) in [6.07, 6.45) is 0.864. The van der Waals surface area contributed by atoms with Crippen LogP contribution in [0.3, 0.4) is 0 Å². The number of carbonyl (C=O) groups excluding carboxylic acids is 2. The van der Waals surface area contributed by atoms with Gasteiger partial charge in [0.05, 0.1) is 20.1 Å². The van der Waals surface area contributed by atoms with Crippen LogP contribution in [0.15, 0.2) is 12.1 Å². The molecule has 28 heavy (non-hydrogen) atoms. The molecule has 0 radical (unpaired) electrons. The van der Waals surface area contributed by atoms with E-state index in [4.69, 9.17) is 18.9 Å². The molecule has 152 valence electrons. The summed E-state index contributed by atoms with van der Waals surface area (Å²) in [5.74, 6) is -0.0766. The number of methoxy groups -OCH3 is 2. The standard InChI is InChI=1S/C22H28O6/c1-8-12(3)22(24)28-19-16-11-14(5)13(4)10-15(16)18(27-17(23)9-2)20(25-6)21(19)26-7/h10-12H,8-9H2,1-7H3. The topological polar surface area (TPSA) is 71.1 Å². The molecular formula is C22H28O6. The van der Waals surface area contributed by atoms with E-state index in [9.17, 15) is 9.59 Å². The van der Waals surface area contributed by atoms with Crippen LogP contribution in [0.1, 0.15) is 44.7 Å². The third-order valence-corrected chi connectivity index (χ3v) is 4.87. The molecule has 0 spiro atoms. The summed E-state index contributed by atoms with van der Waals surface area (Å²) >= 11 is 0. The molecular weight excluding hydrogens is 360 g/mol. The third-order valence-electron chi connectivity index (χ3n) is 4.87. The third kappa shape index (κ3) is 4.06. The Morgan fingerprint density at radius 1 is 0.857 bits per heavy atom. The predicted octanol–water partition coefficient (Wildman–Crippen LogP) is 4.74. The number of rotatable bonds is 7. The van der Waals surface area contributed by atoms with Crippen molar-refractivity contribution in [3.05, 3.63) is 23.3 Å². The normalized spacial score (nSPS) is 11.8. The van der Waals surface area contributed by atoms with Crippen LogP contribution in [0.4, 0.5) is 0 Å². The van der Waals surface area contributed by atoms with E-state index in [1.165, 1.54) is 14.2 Å². The van der Waals surface area contributed by atoms with E-state index in [0.717, 1.165) is 11.1 Å². The maximum Gasteiger partial charge on any atom is 0.314 e. The zero-order valence-electron chi connectivity index (χ0n) is 17.6. The molecule has 0 aliphatic rings. The van der Waals surface area contributed by atoms with Crippen molar-refractivity contribution in [1.82, 2.24) is 0 Å². The van der Waals surface area contributed by atoms with E-state index in [2.05, 4.69) is 0 Å². The second-order valence-corrected chi connectivity index (χ2v) is 6.76. The lowest BCUT2D eigenvalue weighted by Crippen LogP contribution is -2.18. The van der Waals surface area contributed by atoms with Crippen molar-refractivity contribution in [1.29, 1.82) is 0 Å². The Balaban J connectivity index is 2.87. The number of aryl methyl sites for hydroxylation is 2. The first-order valence-electron chi connectivity index (χ1n) is 9.40. The smallest absolute Gasteiger partial charge is 0.314 e. The molecule has 2 rings (SSSR count). The van der Waals surface area contributed by atoms with E-state index < -0.39 is 5.97 Å². The molecule has 1 atom stereocenters. The summed E-state index contributed by atoms with van der Waals surface area (Å²) < 4.78 is 22.4. The van der Waals surface area contributed by atoms with Crippen molar-refractivity contribution < 1.29 is 28.5 Å². The Hall–Kier alpha value is -2.76. The fraction of sp³-hybridized carbons (Fsp3) is 0.455. The van der Waals surface area contributed by atoms with Gasteiger partial charge in [-0.1, -0.05) is 20.8 Å². The highest BCUT2D eigenvalue weighted by Crippen LogP contribution is 2.51. The van der Waals surface area contributed by atoms with Crippen molar-refractivity contribution in [2.24, 2.45) is 5.92 Å². The number of benzene rings is 2. The van der Waals surface area contributed by atoms with Crippen LogP contribution in [0.5, 0.6) is 23.0 Å². The molecule has 0 N–H and O–H groups in total. The predicted molar refractivity (Wildman–Crippen MR) is 108 cm³/mol. The Morgan fingerprint density at radius 3 is 1.71 bits per heavy atom. The Kier molecular flexibility index (Phi) is 6.89. The van der Waals surface area contributed by atoms with Crippen molar-refractivity contribution >= 4 is 22.7 Å². The minimum Gasteiger partial charge on any atom is -0.490 e. The zero-order chi connectivity index (χ0) is 21.0. The molecule has 0 fully saturated rings. The van der Waals surface area contributed by atoms with Gasteiger partial charge in [-0.2, -0.15) is 0 Å². The van der Waals surface area contributed by atoms with Crippen LogP contribution in [-0.4, -0.2) is 26.2 Å². The van der Waals surface area contributed by atoms with Crippen molar-refractivity contribution in [2.75, 3.05) is 14.2 Å². The van der Waals surface area contributed by atoms with Gasteiger partial charge < -0.3 is 18.9 Å². The van der Waals surface area contributed by atoms with Gasteiger partial charge in [0.1, 0.15) is 0 Å². The number of hydrogen-bond acceptors (Lipinski definition) is 6. The van der Waals surface area contributed by atoms with Crippen LogP contribution in [0.25, 0.3) is 10.8 Å². The molecule has 0 amide bonds. The average molecular weight is 388 g/mol. The number of ether oxygens (including phenoxy) is 4. The molecule has 0 aliphatic heterocycles. The highest BCUT2D eigenvalue weighted by molar-refractivity contribution is 6.02. The van der Waals surface area contributed by atoms with Gasteiger partial charge in [0, 0.05) is 17.2 Å². The fourth-order valence-corrected chi connectivity index (χ4v) is 2.77. The highest BCUT2D eigenvalue weighted by Gasteiger charge is 2.28. The maximum absolute atomic E-state index is 12.5. The molecule has 0 saturated carbocycles. The highest BCUT2D eigenvalue weighted by atomic mass is 16.6. The summed E-state index contributed by atoms with van der Waals surface area (Å²) in [6, 6.07) is 3.79. The SMILES string of the molecule is CCC(=O)Oc1c(OC)c(OC)c(OC(=O)C(C)CC)c2cc(C)c(C)cc12. The second-order valence-electron chi connectivity index (χ2n) is 6.76. The molecule has 0 heterocycles. The van der Waals surface area contributed by atoms with E-state index in [1.807, 2.05) is 32.9 Å². The first-order chi connectivity index (χ1) is 13.3. The zero-order valence-corrected chi connectivity index (χ0v) is 17.6. The van der Waals surface area contributed by atoms with Gasteiger partial charge in [-0.25, -0.2) is 0 Å². The maximum atomic E-state index is 12.5. The van der Waals surface area contributed by atoms with Crippen LogP contribution < -0.4 is 18.9 Å². The lowest BCUT2D eigenvalue weighted by Gasteiger charge is -2.21. The van der Waals surface area contributed by atoms with Gasteiger partial charge in [-0.3, -0.25) is 9.59 Å². The Bertz CT molecular complexity index is 900. The molecule has 2 aromatic rings. The van der Waals surface area contributed by atoms with Gasteiger partial charge in [0.2, 0.25) is 11.5 Å². The van der Waals surface area contributed by atoms with Crippen LogP contribution >= 0.6 is 0 Å². The van der Waals surface area contributed by atoms with Gasteiger partial charge in [-0.15, -0.1) is 0 Å². The summed E-state index contributed by atoms with van der Waals surface area (Å²) in [7, 11) is 2.91. The lowest BCUT2D eigenvalue weighted by molar-refractivity contribution is -0.138. The van der Waals surface area contributed by atoms with Gasteiger partial charge >= 0.3 is 11.9 Å². The monoisotopic (exact) mass is 388 g/mol. The van der Waals surface area contributed by atoms with E-state index in [0.29, 0.717) is 17.2 Å². The minimum absolute atomic E-state index is 0.211. The van der Waals surface area contributed by atoms with E-state index in [1.54, 1.807) is 13.8 Å². The van der Waals surface area contributed by atoms with Gasteiger partial charge in [-0.05, 0) is 43.5 Å². The van der Waals surface area contributed by atoms with Gasteiger partial charge in [0.25, 0.3) is 0 Å². The number of carbonyl (C=O) groups is 2. The van der Waals surface area contributed by atoms with Crippen molar-refractivity contribution in [2.45, 2.75) is 47.5 Å². The summed E-state index contributed by atoms with van der Waals surface area (Å²) in [5, 5.41) is 1.24. The van der Waals surface area contributed by atoms with E-state index >= 15 is 0 Å². The summed E-state index contributed by atoms with van der Waals surface area (Å²) in [6.45, 7) is 9.36.